The Morgan fingerprint density at radius 1 is 1.27 bits per heavy atom. The summed E-state index contributed by atoms with van der Waals surface area (Å²) in [4.78, 5) is 11.2. The molecule has 5 nitrogen and oxygen atoms in total. The average Bonchev–Trinajstić information content (AvgIpc) is 2.88. The molecule has 118 valence electrons. The first-order chi connectivity index (χ1) is 10.3. The molecule has 0 aliphatic heterocycles. The minimum Gasteiger partial charge on any atom is -0.548 e. The molecule has 0 bridgehead atoms. The van der Waals surface area contributed by atoms with Crippen LogP contribution in [-0.4, -0.2) is 20.4 Å². The van der Waals surface area contributed by atoms with Crippen molar-refractivity contribution in [1.29, 1.82) is 0 Å². The Morgan fingerprint density at radius 3 is 2.41 bits per heavy atom. The number of rotatable bonds is 6. The Morgan fingerprint density at radius 2 is 1.91 bits per heavy atom. The van der Waals surface area contributed by atoms with Gasteiger partial charge < -0.3 is 9.90 Å². The number of carboxylic acids is 1. The van der Waals surface area contributed by atoms with E-state index < -0.39 is 27.9 Å². The molecule has 0 aliphatic rings. The van der Waals surface area contributed by atoms with Gasteiger partial charge in [0.05, 0.1) is 16.3 Å². The lowest BCUT2D eigenvalue weighted by molar-refractivity contribution is -0.307. The molecule has 0 spiro atoms. The van der Waals surface area contributed by atoms with Crippen LogP contribution in [0.2, 0.25) is 4.34 Å². The molecule has 2 rings (SSSR count). The highest BCUT2D eigenvalue weighted by Gasteiger charge is 2.23. The van der Waals surface area contributed by atoms with Crippen molar-refractivity contribution in [2.24, 2.45) is 0 Å². The van der Waals surface area contributed by atoms with Crippen LogP contribution in [0.1, 0.15) is 5.56 Å². The second-order valence-corrected chi connectivity index (χ2v) is 8.04. The van der Waals surface area contributed by atoms with Gasteiger partial charge in [-0.25, -0.2) is 17.5 Å². The summed E-state index contributed by atoms with van der Waals surface area (Å²) in [5.74, 6) is -2.04. The number of hydrogen-bond acceptors (Lipinski definition) is 5. The maximum absolute atomic E-state index is 12.8. The number of carboxylic acid groups (broad SMARTS) is 1. The predicted octanol–water partition coefficient (Wildman–Crippen LogP) is 1.18. The molecule has 0 amide bonds. The molecular weight excluding hydrogens is 353 g/mol. The number of thiophene rings is 1. The van der Waals surface area contributed by atoms with Crippen LogP contribution in [0, 0.1) is 5.82 Å². The van der Waals surface area contributed by atoms with E-state index in [1.54, 1.807) is 0 Å². The molecule has 0 saturated heterocycles. The molecule has 1 aromatic carbocycles. The summed E-state index contributed by atoms with van der Waals surface area (Å²) in [6.07, 6.45) is -0.166. The number of hydrogen-bond donors (Lipinski definition) is 1. The average molecular weight is 363 g/mol. The van der Waals surface area contributed by atoms with Gasteiger partial charge in [-0.3, -0.25) is 0 Å². The Hall–Kier alpha value is -1.48. The van der Waals surface area contributed by atoms with Gasteiger partial charge in [0.2, 0.25) is 0 Å². The molecule has 1 N–H and O–H groups in total. The minimum atomic E-state index is -4.02. The molecule has 0 saturated carbocycles. The topological polar surface area (TPSA) is 86.3 Å². The number of carbonyl (C=O) groups is 1. The van der Waals surface area contributed by atoms with Gasteiger partial charge in [0.15, 0.2) is 0 Å². The van der Waals surface area contributed by atoms with Crippen LogP contribution in [0.5, 0.6) is 0 Å². The highest BCUT2D eigenvalue weighted by molar-refractivity contribution is 7.91. The molecule has 1 heterocycles. The van der Waals surface area contributed by atoms with E-state index in [0.29, 0.717) is 5.56 Å². The lowest BCUT2D eigenvalue weighted by atomic mass is 10.1. The van der Waals surface area contributed by atoms with Crippen molar-refractivity contribution in [2.75, 3.05) is 0 Å². The zero-order chi connectivity index (χ0) is 16.3. The van der Waals surface area contributed by atoms with E-state index in [2.05, 4.69) is 4.72 Å². The van der Waals surface area contributed by atoms with E-state index in [1.807, 2.05) is 0 Å². The normalized spacial score (nSPS) is 13.0. The van der Waals surface area contributed by atoms with Gasteiger partial charge in [0.25, 0.3) is 10.0 Å². The van der Waals surface area contributed by atoms with Gasteiger partial charge in [-0.1, -0.05) is 23.7 Å². The van der Waals surface area contributed by atoms with Crippen LogP contribution >= 0.6 is 22.9 Å². The van der Waals surface area contributed by atoms with E-state index >= 15 is 0 Å². The first-order valence-corrected chi connectivity index (χ1v) is 8.68. The van der Waals surface area contributed by atoms with Crippen molar-refractivity contribution in [3.05, 3.63) is 52.1 Å². The first kappa shape index (κ1) is 16.9. The fraction of sp³-hybridized carbons (Fsp3) is 0.154. The molecule has 1 aromatic heterocycles. The fourth-order valence-electron chi connectivity index (χ4n) is 1.72. The lowest BCUT2D eigenvalue weighted by Gasteiger charge is -2.19. The zero-order valence-electron chi connectivity index (χ0n) is 11.0. The number of benzene rings is 1. The molecule has 9 heteroatoms. The lowest BCUT2D eigenvalue weighted by Crippen LogP contribution is -2.48. The van der Waals surface area contributed by atoms with Gasteiger partial charge in [-0.15, -0.1) is 11.3 Å². The molecule has 2 aromatic rings. The highest BCUT2D eigenvalue weighted by Crippen LogP contribution is 2.25. The number of carbonyl (C=O) groups excluding carboxylic acids is 1. The van der Waals surface area contributed by atoms with E-state index in [9.17, 15) is 22.7 Å². The molecule has 0 unspecified atom stereocenters. The van der Waals surface area contributed by atoms with Crippen molar-refractivity contribution in [2.45, 2.75) is 16.7 Å². The van der Waals surface area contributed by atoms with Crippen LogP contribution in [0.15, 0.2) is 40.6 Å². The second-order valence-electron chi connectivity index (χ2n) is 4.38. The number of sulfonamides is 1. The largest absolute Gasteiger partial charge is 0.548 e. The Labute approximate surface area is 135 Å². The van der Waals surface area contributed by atoms with Crippen molar-refractivity contribution in [3.63, 3.8) is 0 Å². The van der Waals surface area contributed by atoms with Crippen LogP contribution in [0.25, 0.3) is 0 Å². The second kappa shape index (κ2) is 6.74. The molecule has 0 fully saturated rings. The van der Waals surface area contributed by atoms with Crippen LogP contribution in [0.3, 0.4) is 0 Å². The van der Waals surface area contributed by atoms with Gasteiger partial charge in [-0.05, 0) is 36.2 Å². The van der Waals surface area contributed by atoms with E-state index in [-0.39, 0.29) is 15.0 Å². The third-order valence-electron chi connectivity index (χ3n) is 2.75. The summed E-state index contributed by atoms with van der Waals surface area (Å²) < 4.78 is 39.2. The van der Waals surface area contributed by atoms with Gasteiger partial charge in [0.1, 0.15) is 10.0 Å². The minimum absolute atomic E-state index is 0.0946. The molecule has 1 atom stereocenters. The summed E-state index contributed by atoms with van der Waals surface area (Å²) in [6.45, 7) is 0. The van der Waals surface area contributed by atoms with E-state index in [4.69, 9.17) is 11.6 Å². The Kier molecular flexibility index (Phi) is 5.17. The standard InChI is InChI=1S/C13H11ClFNO4S2/c14-11-5-6-12(21-11)22(19,20)16-10(13(17)18)7-8-1-3-9(15)4-2-8/h1-6,10,16H,7H2,(H,17,18)/p-1/t10-/m0/s1. The van der Waals surface area contributed by atoms with Crippen molar-refractivity contribution < 1.29 is 22.7 Å². The van der Waals surface area contributed by atoms with E-state index in [1.165, 1.54) is 24.3 Å². The number of nitrogens with one attached hydrogen (secondary N) is 1. The van der Waals surface area contributed by atoms with Crippen LogP contribution in [-0.2, 0) is 21.2 Å². The summed E-state index contributed by atoms with van der Waals surface area (Å²) in [6, 6.07) is 6.28. The fourth-order valence-corrected chi connectivity index (χ4v) is 4.40. The van der Waals surface area contributed by atoms with Crippen molar-refractivity contribution >= 4 is 38.9 Å². The molecule has 22 heavy (non-hydrogen) atoms. The Bertz CT molecular complexity index is 774. The number of aliphatic carboxylic acids is 1. The molecular formula is C13H10ClFNO4S2-. The maximum Gasteiger partial charge on any atom is 0.250 e. The van der Waals surface area contributed by atoms with Gasteiger partial charge in [0, 0.05) is 0 Å². The quantitative estimate of drug-likeness (QED) is 0.836. The summed E-state index contributed by atoms with van der Waals surface area (Å²) >= 11 is 6.48. The summed E-state index contributed by atoms with van der Waals surface area (Å²) in [5.41, 5.74) is 0.461. The third kappa shape index (κ3) is 4.26. The SMILES string of the molecule is O=C([O-])[C@H](Cc1ccc(F)cc1)NS(=O)(=O)c1ccc(Cl)s1. The molecule has 0 radical (unpaired) electrons. The first-order valence-electron chi connectivity index (χ1n) is 6.01. The molecule has 0 aliphatic carbocycles. The zero-order valence-corrected chi connectivity index (χ0v) is 13.3. The van der Waals surface area contributed by atoms with Gasteiger partial charge in [-0.2, -0.15) is 0 Å². The van der Waals surface area contributed by atoms with E-state index in [0.717, 1.165) is 23.5 Å². The van der Waals surface area contributed by atoms with Crippen molar-refractivity contribution in [1.82, 2.24) is 4.72 Å². The predicted molar refractivity (Wildman–Crippen MR) is 78.5 cm³/mol. The summed E-state index contributed by atoms with van der Waals surface area (Å²) in [7, 11) is -4.02. The van der Waals surface area contributed by atoms with Crippen LogP contribution < -0.4 is 9.83 Å². The van der Waals surface area contributed by atoms with Gasteiger partial charge >= 0.3 is 0 Å². The smallest absolute Gasteiger partial charge is 0.250 e. The highest BCUT2D eigenvalue weighted by atomic mass is 35.5. The maximum atomic E-state index is 12.8. The monoisotopic (exact) mass is 362 g/mol. The summed E-state index contributed by atoms with van der Waals surface area (Å²) in [5, 5.41) is 11.2. The number of halogens is 2. The third-order valence-corrected chi connectivity index (χ3v) is 5.94. The Balaban J connectivity index is 2.18. The van der Waals surface area contributed by atoms with Crippen LogP contribution in [0.4, 0.5) is 4.39 Å². The van der Waals surface area contributed by atoms with Crippen molar-refractivity contribution in [3.8, 4) is 0 Å².